The number of ether oxygens (including phenoxy) is 2. The topological polar surface area (TPSA) is 66.9 Å². The van der Waals surface area contributed by atoms with Crippen molar-refractivity contribution in [1.29, 1.82) is 0 Å². The fraction of sp³-hybridized carbons (Fsp3) is 0.636. The molecular formula is C33H50BF2N3O4. The molecule has 0 unspecified atom stereocenters. The maximum absolute atomic E-state index is 15.5. The molecule has 238 valence electrons. The predicted molar refractivity (Wildman–Crippen MR) is 168 cm³/mol. The van der Waals surface area contributed by atoms with Crippen LogP contribution in [0.15, 0.2) is 36.1 Å². The van der Waals surface area contributed by atoms with E-state index in [9.17, 15) is 9.90 Å². The van der Waals surface area contributed by atoms with Crippen molar-refractivity contribution in [2.75, 3.05) is 6.61 Å². The van der Waals surface area contributed by atoms with Gasteiger partial charge in [-0.2, -0.15) is 0 Å². The zero-order valence-electron chi connectivity index (χ0n) is 27.0. The summed E-state index contributed by atoms with van der Waals surface area (Å²) in [4.78, 5) is 14.3. The van der Waals surface area contributed by atoms with E-state index in [1.54, 1.807) is 26.8 Å². The second kappa shape index (κ2) is 13.1. The molecule has 0 aliphatic carbocycles. The van der Waals surface area contributed by atoms with Crippen molar-refractivity contribution in [2.45, 2.75) is 130 Å². The van der Waals surface area contributed by atoms with Gasteiger partial charge in [0.2, 0.25) is 0 Å². The molecule has 43 heavy (non-hydrogen) atoms. The highest BCUT2D eigenvalue weighted by Gasteiger charge is 2.52. The largest absolute Gasteiger partial charge is 0.737 e. The van der Waals surface area contributed by atoms with Gasteiger partial charge in [0.15, 0.2) is 5.70 Å². The smallest absolute Gasteiger partial charge is 0.444 e. The summed E-state index contributed by atoms with van der Waals surface area (Å²) < 4.78 is 44.9. The van der Waals surface area contributed by atoms with Crippen LogP contribution < -0.4 is 0 Å². The molecule has 1 N–H and O–H groups in total. The van der Waals surface area contributed by atoms with E-state index in [4.69, 9.17) is 9.47 Å². The van der Waals surface area contributed by atoms with E-state index in [1.165, 1.54) is 13.9 Å². The fourth-order valence-corrected chi connectivity index (χ4v) is 6.46. The lowest BCUT2D eigenvalue weighted by Gasteiger charge is -2.36. The summed E-state index contributed by atoms with van der Waals surface area (Å²) in [5.41, 5.74) is 1.93. The Morgan fingerprint density at radius 3 is 2.49 bits per heavy atom. The minimum Gasteiger partial charge on any atom is -0.444 e. The van der Waals surface area contributed by atoms with Crippen LogP contribution in [0.25, 0.3) is 6.08 Å². The predicted octanol–water partition coefficient (Wildman–Crippen LogP) is 7.51. The van der Waals surface area contributed by atoms with Crippen LogP contribution >= 0.6 is 0 Å². The molecule has 3 aliphatic rings. The van der Waals surface area contributed by atoms with Crippen LogP contribution in [-0.4, -0.2) is 67.8 Å². The molecule has 10 heteroatoms. The molecule has 4 heterocycles. The van der Waals surface area contributed by atoms with Crippen molar-refractivity contribution in [1.82, 2.24) is 9.38 Å². The summed E-state index contributed by atoms with van der Waals surface area (Å²) in [6.07, 6.45) is 16.9. The van der Waals surface area contributed by atoms with E-state index in [0.29, 0.717) is 29.2 Å². The van der Waals surface area contributed by atoms with Crippen LogP contribution in [0.4, 0.5) is 13.4 Å². The van der Waals surface area contributed by atoms with Gasteiger partial charge in [0.1, 0.15) is 17.0 Å². The number of aliphatic hydroxyl groups is 1. The second-order valence-electron chi connectivity index (χ2n) is 13.7. The number of carbonyl (C=O) groups is 1. The summed E-state index contributed by atoms with van der Waals surface area (Å²) in [6.45, 7) is 9.07. The van der Waals surface area contributed by atoms with E-state index < -0.39 is 36.5 Å². The van der Waals surface area contributed by atoms with Crippen molar-refractivity contribution in [3.63, 3.8) is 0 Å². The fourth-order valence-electron chi connectivity index (χ4n) is 6.46. The van der Waals surface area contributed by atoms with Crippen LogP contribution in [0.1, 0.15) is 109 Å². The van der Waals surface area contributed by atoms with E-state index in [0.717, 1.165) is 56.9 Å². The number of unbranched alkanes of at least 4 members (excludes halogenated alkanes) is 7. The zero-order valence-corrected chi connectivity index (χ0v) is 27.0. The van der Waals surface area contributed by atoms with Crippen LogP contribution in [0.5, 0.6) is 0 Å². The van der Waals surface area contributed by atoms with Crippen LogP contribution in [0, 0.1) is 13.8 Å². The molecule has 1 fully saturated rings. The molecule has 1 aromatic rings. The Kier molecular flexibility index (Phi) is 10.1. The van der Waals surface area contributed by atoms with Gasteiger partial charge in [0, 0.05) is 30.3 Å². The van der Waals surface area contributed by atoms with Crippen molar-refractivity contribution in [3.05, 3.63) is 53.0 Å². The van der Waals surface area contributed by atoms with Gasteiger partial charge in [0.05, 0.1) is 18.8 Å². The molecule has 0 bridgehead atoms. The summed E-state index contributed by atoms with van der Waals surface area (Å²) >= 11 is 0. The van der Waals surface area contributed by atoms with E-state index in [-0.39, 0.29) is 6.61 Å². The standard InChI is InChI=1S/C33H50BF2N3O4/c1-24-21-25(2)38-28(24)22-27-20-19-26(39(27)34(38,35)36)17-15-13-11-9-8-10-12-14-16-18-30(40)29-23-42-33(6,7)37(29)31(41)43-32(3,4)5/h16,18-22,29-30,40H,8-15,17,23H2,1-7H3/b18-16+/t29-,30+/m0/s1. The van der Waals surface area contributed by atoms with Gasteiger partial charge < -0.3 is 32.2 Å². The number of fused-ring (bicyclic) bond motifs is 2. The number of hydrogen-bond donors (Lipinski definition) is 1. The Labute approximate surface area is 256 Å². The summed E-state index contributed by atoms with van der Waals surface area (Å²) in [7, 11) is 0. The molecule has 1 aromatic heterocycles. The van der Waals surface area contributed by atoms with Crippen molar-refractivity contribution < 1.29 is 32.5 Å². The first-order chi connectivity index (χ1) is 20.1. The minimum atomic E-state index is -3.88. The quantitative estimate of drug-likeness (QED) is 0.153. The van der Waals surface area contributed by atoms with Crippen LogP contribution in [0.2, 0.25) is 0 Å². The Balaban J connectivity index is 1.13. The number of rotatable bonds is 12. The minimum absolute atomic E-state index is 0.250. The molecule has 1 amide bonds. The van der Waals surface area contributed by atoms with Crippen molar-refractivity contribution in [2.24, 2.45) is 0 Å². The van der Waals surface area contributed by atoms with Crippen LogP contribution in [-0.2, 0) is 9.47 Å². The number of halogens is 2. The number of carbonyl (C=O) groups excluding carboxylic acids is 1. The number of allylic oxidation sites excluding steroid dienone is 3. The summed E-state index contributed by atoms with van der Waals surface area (Å²) in [6, 6.07) is 1.34. The highest BCUT2D eigenvalue weighted by Crippen LogP contribution is 2.35. The molecule has 0 aromatic carbocycles. The van der Waals surface area contributed by atoms with Gasteiger partial charge in [-0.3, -0.25) is 4.90 Å². The molecule has 4 rings (SSSR count). The van der Waals surface area contributed by atoms with Gasteiger partial charge in [0.25, 0.3) is 0 Å². The average molecular weight is 602 g/mol. The lowest BCUT2D eigenvalue weighted by atomic mass is 9.90. The SMILES string of the molecule is Cc1cc(C)n2c1C=C1C=CC(CCCCCCCCC/C=C/[C@@H](O)[C@@H]3COC(C)(C)N3C(=O)OC(C)(C)C)=[N+]1[B-]2(F)F. The number of aromatic nitrogens is 1. The number of nitrogens with zero attached hydrogens (tertiary/aromatic N) is 3. The zero-order chi connectivity index (χ0) is 31.6. The Morgan fingerprint density at radius 1 is 1.16 bits per heavy atom. The third-order valence-corrected chi connectivity index (χ3v) is 8.55. The number of aliphatic hydroxyl groups excluding tert-OH is 1. The van der Waals surface area contributed by atoms with Crippen LogP contribution in [0.3, 0.4) is 0 Å². The van der Waals surface area contributed by atoms with E-state index in [2.05, 4.69) is 0 Å². The molecule has 0 spiro atoms. The molecule has 0 saturated carbocycles. The Bertz CT molecular complexity index is 1310. The second-order valence-corrected chi connectivity index (χ2v) is 13.7. The van der Waals surface area contributed by atoms with Gasteiger partial charge in [-0.15, -0.1) is 0 Å². The van der Waals surface area contributed by atoms with Gasteiger partial charge in [-0.25, -0.2) is 4.79 Å². The van der Waals surface area contributed by atoms with Gasteiger partial charge in [-0.1, -0.05) is 44.3 Å². The third-order valence-electron chi connectivity index (χ3n) is 8.55. The molecular weight excluding hydrogens is 551 g/mol. The number of aryl methyl sites for hydroxylation is 2. The molecule has 7 nitrogen and oxygen atoms in total. The maximum atomic E-state index is 15.5. The first-order valence-electron chi connectivity index (χ1n) is 15.9. The molecule has 3 aliphatic heterocycles. The van der Waals surface area contributed by atoms with Gasteiger partial charge in [-0.05, 0) is 85.1 Å². The molecule has 1 saturated heterocycles. The number of hydrogen-bond acceptors (Lipinski definition) is 4. The van der Waals surface area contributed by atoms with Crippen molar-refractivity contribution in [3.8, 4) is 0 Å². The summed E-state index contributed by atoms with van der Waals surface area (Å²) in [5, 5.41) is 10.8. The normalized spacial score (nSPS) is 21.4. The molecule has 0 radical (unpaired) electrons. The Morgan fingerprint density at radius 2 is 1.81 bits per heavy atom. The molecule has 2 atom stereocenters. The monoisotopic (exact) mass is 601 g/mol. The highest BCUT2D eigenvalue weighted by molar-refractivity contribution is 6.58. The lowest BCUT2D eigenvalue weighted by Crippen LogP contribution is -2.53. The third kappa shape index (κ3) is 7.51. The lowest BCUT2D eigenvalue weighted by molar-refractivity contribution is -0.362. The van der Waals surface area contributed by atoms with E-state index >= 15 is 8.63 Å². The van der Waals surface area contributed by atoms with Crippen molar-refractivity contribution >= 4 is 24.9 Å². The average Bonchev–Trinajstić information content (AvgIpc) is 3.54. The maximum Gasteiger partial charge on any atom is 0.737 e. The Hall–Kier alpha value is -2.72. The summed E-state index contributed by atoms with van der Waals surface area (Å²) in [5.74, 6) is 0. The first-order valence-corrected chi connectivity index (χ1v) is 15.9. The number of amides is 1. The van der Waals surface area contributed by atoms with E-state index in [1.807, 2.05) is 58.1 Å². The van der Waals surface area contributed by atoms with Gasteiger partial charge >= 0.3 is 13.1 Å². The first kappa shape index (κ1) is 33.2. The highest BCUT2D eigenvalue weighted by atomic mass is 19.2.